The van der Waals surface area contributed by atoms with Crippen LogP contribution in [0, 0.1) is 5.92 Å². The molecule has 1 saturated heterocycles. The van der Waals surface area contributed by atoms with Crippen LogP contribution in [0.3, 0.4) is 0 Å². The maximum absolute atomic E-state index is 14.0. The number of hydrogen-bond donors (Lipinski definition) is 2. The third-order valence-electron chi connectivity index (χ3n) is 7.74. The first-order valence-electron chi connectivity index (χ1n) is 13.4. The highest BCUT2D eigenvalue weighted by atomic mass is 19.4. The van der Waals surface area contributed by atoms with Crippen molar-refractivity contribution in [2.75, 3.05) is 20.3 Å². The Hall–Kier alpha value is -3.82. The van der Waals surface area contributed by atoms with Crippen molar-refractivity contribution in [3.05, 3.63) is 41.0 Å². The molecule has 3 atom stereocenters. The van der Waals surface area contributed by atoms with Gasteiger partial charge in [-0.1, -0.05) is 18.1 Å². The van der Waals surface area contributed by atoms with E-state index in [9.17, 15) is 31.5 Å². The van der Waals surface area contributed by atoms with Crippen LogP contribution in [-0.4, -0.2) is 70.5 Å². The fourth-order valence-electron chi connectivity index (χ4n) is 5.44. The number of aryl methyl sites for hydroxylation is 1. The Bertz CT molecular complexity index is 1430. The molecule has 1 aliphatic carbocycles. The molecule has 16 heteroatoms. The zero-order chi connectivity index (χ0) is 30.2. The van der Waals surface area contributed by atoms with Gasteiger partial charge in [0.1, 0.15) is 23.3 Å². The van der Waals surface area contributed by atoms with Crippen molar-refractivity contribution in [2.45, 2.75) is 69.3 Å². The quantitative estimate of drug-likeness (QED) is 0.337. The summed E-state index contributed by atoms with van der Waals surface area (Å²) in [7, 11) is 1.37. The number of nitrogens with zero attached hydrogens (tertiary/aromatic N) is 4. The Kier molecular flexibility index (Phi) is 8.09. The molecule has 0 unspecified atom stereocenters. The lowest BCUT2D eigenvalue weighted by Gasteiger charge is -2.32. The molecular weight excluding hydrogens is 571 g/mol. The summed E-state index contributed by atoms with van der Waals surface area (Å²) in [5.74, 6) is -3.80. The molecular formula is C26H29F5N6O5. The van der Waals surface area contributed by atoms with Gasteiger partial charge in [0.2, 0.25) is 11.8 Å². The van der Waals surface area contributed by atoms with Gasteiger partial charge in [-0.3, -0.25) is 4.79 Å². The number of carbonyl (C=O) groups excluding carboxylic acids is 2. The molecule has 2 aliphatic rings. The molecule has 3 aromatic rings. The number of ether oxygens (including phenoxy) is 1. The molecule has 228 valence electrons. The van der Waals surface area contributed by atoms with E-state index < -0.39 is 54.6 Å². The minimum absolute atomic E-state index is 0.0366. The maximum Gasteiger partial charge on any atom is 0.410 e. The van der Waals surface area contributed by atoms with Crippen LogP contribution in [0.1, 0.15) is 72.3 Å². The van der Waals surface area contributed by atoms with Crippen LogP contribution in [0.2, 0.25) is 0 Å². The summed E-state index contributed by atoms with van der Waals surface area (Å²) in [5, 5.41) is 12.1. The summed E-state index contributed by atoms with van der Waals surface area (Å²) in [4.78, 5) is 31.2. The molecule has 11 nitrogen and oxygen atoms in total. The van der Waals surface area contributed by atoms with Crippen molar-refractivity contribution in [3.8, 4) is 0 Å². The van der Waals surface area contributed by atoms with Crippen molar-refractivity contribution >= 4 is 23.0 Å². The number of alkyl halides is 5. The Morgan fingerprint density at radius 2 is 2.00 bits per heavy atom. The second kappa shape index (κ2) is 11.5. The number of oxazole rings is 1. The number of halogens is 5. The Morgan fingerprint density at radius 3 is 2.64 bits per heavy atom. The topological polar surface area (TPSA) is 136 Å². The van der Waals surface area contributed by atoms with Gasteiger partial charge in [0, 0.05) is 20.0 Å². The molecule has 0 bridgehead atoms. The van der Waals surface area contributed by atoms with Gasteiger partial charge in [-0.15, -0.1) is 0 Å². The maximum atomic E-state index is 14.0. The Morgan fingerprint density at radius 1 is 1.26 bits per heavy atom. The van der Waals surface area contributed by atoms with Crippen molar-refractivity contribution in [3.63, 3.8) is 0 Å². The van der Waals surface area contributed by atoms with E-state index in [1.165, 1.54) is 7.11 Å². The van der Waals surface area contributed by atoms with E-state index in [0.29, 0.717) is 28.8 Å². The number of hydrogen-bond acceptors (Lipinski definition) is 8. The zero-order valence-corrected chi connectivity index (χ0v) is 22.7. The molecule has 1 aromatic carbocycles. The number of amides is 3. The van der Waals surface area contributed by atoms with Crippen LogP contribution >= 0.6 is 0 Å². The molecule has 3 heterocycles. The molecule has 2 N–H and O–H groups in total. The predicted octanol–water partition coefficient (Wildman–Crippen LogP) is 4.71. The first-order chi connectivity index (χ1) is 19.9. The molecule has 1 aliphatic heterocycles. The smallest absolute Gasteiger partial charge is 0.410 e. The Labute approximate surface area is 236 Å². The first-order valence-corrected chi connectivity index (χ1v) is 13.4. The summed E-state index contributed by atoms with van der Waals surface area (Å²) in [6, 6.07) is 0.0262. The molecule has 5 rings (SSSR count). The zero-order valence-electron chi connectivity index (χ0n) is 22.7. The lowest BCUT2D eigenvalue weighted by atomic mass is 9.82. The van der Waals surface area contributed by atoms with Gasteiger partial charge < -0.3 is 24.7 Å². The van der Waals surface area contributed by atoms with Gasteiger partial charge in [-0.25, -0.2) is 23.2 Å². The lowest BCUT2D eigenvalue weighted by molar-refractivity contribution is -0.150. The number of fused-ring (bicyclic) bond motifs is 1. The predicted molar refractivity (Wildman–Crippen MR) is 134 cm³/mol. The summed E-state index contributed by atoms with van der Waals surface area (Å²) in [6.07, 6.45) is -4.78. The SMILES string of the molecule is CCc1nonc1C(=O)N[C@H](c1nc2cc([C@@H](COC)N3C[C@@H](C(F)(F)F)NC3=O)ccc2o1)C1CCC(F)(F)CC1. The molecule has 0 spiro atoms. The van der Waals surface area contributed by atoms with Gasteiger partial charge in [-0.2, -0.15) is 13.2 Å². The van der Waals surface area contributed by atoms with Crippen molar-refractivity contribution in [1.82, 2.24) is 30.8 Å². The van der Waals surface area contributed by atoms with Crippen LogP contribution in [0.5, 0.6) is 0 Å². The standard InChI is InChI=1S/C26H29F5N6O5/c1-3-15-21(36-42-35-15)22(38)34-20(13-6-8-25(27,28)9-7-13)23-32-16-10-14(4-5-18(16)41-23)17(12-40-2)37-11-19(26(29,30)31)33-24(37)39/h4-5,10,13,17,19-20H,3,6-9,11-12H2,1-2H3,(H,33,39)(H,34,38)/t17-,19+,20+/m1/s1. The van der Waals surface area contributed by atoms with Crippen LogP contribution in [0.25, 0.3) is 11.1 Å². The van der Waals surface area contributed by atoms with Crippen LogP contribution < -0.4 is 10.6 Å². The highest BCUT2D eigenvalue weighted by Gasteiger charge is 2.48. The number of aromatic nitrogens is 3. The highest BCUT2D eigenvalue weighted by Crippen LogP contribution is 2.42. The average Bonchev–Trinajstić information content (AvgIpc) is 3.68. The van der Waals surface area contributed by atoms with Gasteiger partial charge >= 0.3 is 12.2 Å². The molecule has 1 saturated carbocycles. The van der Waals surface area contributed by atoms with Gasteiger partial charge in [-0.05, 0) is 48.0 Å². The number of urea groups is 1. The van der Waals surface area contributed by atoms with E-state index in [0.717, 1.165) is 4.90 Å². The third kappa shape index (κ3) is 6.03. The molecule has 3 amide bonds. The summed E-state index contributed by atoms with van der Waals surface area (Å²) >= 11 is 0. The number of benzene rings is 1. The molecule has 42 heavy (non-hydrogen) atoms. The fraction of sp³-hybridized carbons (Fsp3) is 0.577. The summed E-state index contributed by atoms with van der Waals surface area (Å²) in [5.41, 5.74) is 1.33. The number of methoxy groups -OCH3 is 1. The average molecular weight is 601 g/mol. The number of rotatable bonds is 9. The first kappa shape index (κ1) is 29.7. The van der Waals surface area contributed by atoms with E-state index in [1.807, 2.05) is 5.32 Å². The minimum atomic E-state index is -4.62. The monoisotopic (exact) mass is 600 g/mol. The van der Waals surface area contributed by atoms with Crippen LogP contribution in [0.4, 0.5) is 26.7 Å². The third-order valence-corrected chi connectivity index (χ3v) is 7.74. The molecule has 2 fully saturated rings. The Balaban J connectivity index is 1.45. The normalized spacial score (nSPS) is 21.0. The van der Waals surface area contributed by atoms with E-state index in [2.05, 4.69) is 20.6 Å². The van der Waals surface area contributed by atoms with E-state index in [4.69, 9.17) is 13.8 Å². The van der Waals surface area contributed by atoms with E-state index in [1.54, 1.807) is 25.1 Å². The van der Waals surface area contributed by atoms with Gasteiger partial charge in [0.25, 0.3) is 5.91 Å². The second-order valence-electron chi connectivity index (χ2n) is 10.5. The number of carbonyl (C=O) groups is 2. The lowest BCUT2D eigenvalue weighted by Crippen LogP contribution is -2.40. The van der Waals surface area contributed by atoms with Crippen molar-refractivity contribution in [2.24, 2.45) is 5.92 Å². The van der Waals surface area contributed by atoms with Gasteiger partial charge in [0.15, 0.2) is 11.3 Å². The fourth-order valence-corrected chi connectivity index (χ4v) is 5.44. The van der Waals surface area contributed by atoms with Crippen molar-refractivity contribution < 1.29 is 45.3 Å². The summed E-state index contributed by atoms with van der Waals surface area (Å²) in [6.45, 7) is 1.07. The summed E-state index contributed by atoms with van der Waals surface area (Å²) < 4.78 is 83.7. The largest absolute Gasteiger partial charge is 0.438 e. The second-order valence-corrected chi connectivity index (χ2v) is 10.5. The molecule has 2 aromatic heterocycles. The molecule has 0 radical (unpaired) electrons. The highest BCUT2D eigenvalue weighted by molar-refractivity contribution is 5.93. The van der Waals surface area contributed by atoms with Crippen LogP contribution in [0.15, 0.2) is 27.2 Å². The number of nitrogens with one attached hydrogen (secondary N) is 2. The van der Waals surface area contributed by atoms with Crippen molar-refractivity contribution in [1.29, 1.82) is 0 Å². The minimum Gasteiger partial charge on any atom is -0.438 e. The van der Waals surface area contributed by atoms with E-state index in [-0.39, 0.29) is 43.9 Å². The van der Waals surface area contributed by atoms with Gasteiger partial charge in [0.05, 0.1) is 19.2 Å². The van der Waals surface area contributed by atoms with Crippen LogP contribution in [-0.2, 0) is 11.2 Å². The van der Waals surface area contributed by atoms with E-state index >= 15 is 0 Å².